The molecule has 4 nitrogen and oxygen atoms in total. The Balaban J connectivity index is 2.05. The zero-order valence-corrected chi connectivity index (χ0v) is 11.8. The minimum absolute atomic E-state index is 0.0893. The first-order valence-corrected chi connectivity index (χ1v) is 6.64. The van der Waals surface area contributed by atoms with Gasteiger partial charge in [-0.15, -0.1) is 11.6 Å². The number of rotatable bonds is 4. The van der Waals surface area contributed by atoms with Gasteiger partial charge in [0.25, 0.3) is 0 Å². The Morgan fingerprint density at radius 1 is 1.21 bits per heavy atom. The van der Waals surface area contributed by atoms with Gasteiger partial charge in [0, 0.05) is 27.3 Å². The summed E-state index contributed by atoms with van der Waals surface area (Å²) in [7, 11) is 3.25. The molecule has 0 radical (unpaired) electrons. The third kappa shape index (κ3) is 3.08. The zero-order valence-electron chi connectivity index (χ0n) is 11.1. The lowest BCUT2D eigenvalue weighted by atomic mass is 10.1. The molecule has 1 aliphatic heterocycles. The summed E-state index contributed by atoms with van der Waals surface area (Å²) in [4.78, 5) is 14.1. The average Bonchev–Trinajstić information content (AvgIpc) is 2.89. The topological polar surface area (TPSA) is 38.8 Å². The molecule has 0 aromatic heterocycles. The molecule has 1 aliphatic rings. The summed E-state index contributed by atoms with van der Waals surface area (Å²) in [6.07, 6.45) is -0.179. The van der Waals surface area contributed by atoms with Crippen LogP contribution in [0.1, 0.15) is 10.9 Å². The van der Waals surface area contributed by atoms with Gasteiger partial charge >= 0.3 is 0 Å². The summed E-state index contributed by atoms with van der Waals surface area (Å²) in [6.45, 7) is 1.04. The molecule has 5 heteroatoms. The van der Waals surface area contributed by atoms with Gasteiger partial charge in [0.05, 0.1) is 0 Å². The van der Waals surface area contributed by atoms with Crippen LogP contribution in [0.5, 0.6) is 0 Å². The van der Waals surface area contributed by atoms with Gasteiger partial charge in [-0.25, -0.2) is 0 Å². The van der Waals surface area contributed by atoms with E-state index in [0.29, 0.717) is 13.1 Å². The Labute approximate surface area is 118 Å². The largest absolute Gasteiger partial charge is 0.377 e. The molecular weight excluding hydrogens is 266 g/mol. The van der Waals surface area contributed by atoms with E-state index >= 15 is 0 Å². The number of benzene rings is 1. The molecule has 1 aromatic rings. The van der Waals surface area contributed by atoms with Crippen LogP contribution >= 0.6 is 11.6 Å². The SMILES string of the molecule is COC1CN(C(=O)C(Cl)c2ccccc2)CC1OC. The first-order valence-electron chi connectivity index (χ1n) is 6.20. The lowest BCUT2D eigenvalue weighted by molar-refractivity contribution is -0.130. The number of likely N-dealkylation sites (tertiary alicyclic amines) is 1. The molecule has 0 spiro atoms. The highest BCUT2D eigenvalue weighted by Gasteiger charge is 2.37. The van der Waals surface area contributed by atoms with E-state index in [0.717, 1.165) is 5.56 Å². The van der Waals surface area contributed by atoms with E-state index in [4.69, 9.17) is 21.1 Å². The van der Waals surface area contributed by atoms with E-state index in [-0.39, 0.29) is 18.1 Å². The molecule has 104 valence electrons. The molecular formula is C14H18ClNO3. The van der Waals surface area contributed by atoms with Crippen LogP contribution in [0.25, 0.3) is 0 Å². The van der Waals surface area contributed by atoms with Crippen molar-refractivity contribution in [1.82, 2.24) is 4.90 Å². The predicted molar refractivity (Wildman–Crippen MR) is 73.2 cm³/mol. The molecule has 1 fully saturated rings. The van der Waals surface area contributed by atoms with Crippen LogP contribution in [0.4, 0.5) is 0 Å². The van der Waals surface area contributed by atoms with Gasteiger partial charge in [-0.05, 0) is 5.56 Å². The van der Waals surface area contributed by atoms with Gasteiger partial charge < -0.3 is 14.4 Å². The number of methoxy groups -OCH3 is 2. The Morgan fingerprint density at radius 3 is 2.21 bits per heavy atom. The van der Waals surface area contributed by atoms with Crippen molar-refractivity contribution in [3.8, 4) is 0 Å². The molecule has 0 saturated carbocycles. The Hall–Kier alpha value is -1.10. The molecule has 3 unspecified atom stereocenters. The van der Waals surface area contributed by atoms with Crippen LogP contribution in [0.15, 0.2) is 30.3 Å². The normalized spacial score (nSPS) is 24.5. The van der Waals surface area contributed by atoms with E-state index in [2.05, 4.69) is 0 Å². The quantitative estimate of drug-likeness (QED) is 0.792. The molecule has 0 N–H and O–H groups in total. The summed E-state index contributed by atoms with van der Waals surface area (Å²) in [5.74, 6) is -0.102. The van der Waals surface area contributed by atoms with E-state index in [1.165, 1.54) is 0 Å². The number of alkyl halides is 1. The number of carbonyl (C=O) groups is 1. The molecule has 0 aliphatic carbocycles. The van der Waals surface area contributed by atoms with Gasteiger partial charge in [-0.2, -0.15) is 0 Å². The van der Waals surface area contributed by atoms with E-state index in [1.54, 1.807) is 19.1 Å². The third-order valence-electron chi connectivity index (χ3n) is 3.44. The zero-order chi connectivity index (χ0) is 13.8. The number of amides is 1. The van der Waals surface area contributed by atoms with E-state index < -0.39 is 5.38 Å². The summed E-state index contributed by atoms with van der Waals surface area (Å²) < 4.78 is 10.6. The highest BCUT2D eigenvalue weighted by molar-refractivity contribution is 6.30. The first-order chi connectivity index (χ1) is 9.17. The maximum absolute atomic E-state index is 12.4. The summed E-state index contributed by atoms with van der Waals surface area (Å²) in [6, 6.07) is 9.35. The van der Waals surface area contributed by atoms with E-state index in [1.807, 2.05) is 30.3 Å². The summed E-state index contributed by atoms with van der Waals surface area (Å²) in [5.41, 5.74) is 0.809. The second-order valence-electron chi connectivity index (χ2n) is 4.56. The highest BCUT2D eigenvalue weighted by Crippen LogP contribution is 2.26. The smallest absolute Gasteiger partial charge is 0.245 e. The second kappa shape index (κ2) is 6.37. The first kappa shape index (κ1) is 14.3. The van der Waals surface area contributed by atoms with E-state index in [9.17, 15) is 4.79 Å². The molecule has 1 aromatic carbocycles. The monoisotopic (exact) mass is 283 g/mol. The molecule has 1 heterocycles. The van der Waals surface area contributed by atoms with Crippen molar-refractivity contribution < 1.29 is 14.3 Å². The molecule has 3 atom stereocenters. The van der Waals surface area contributed by atoms with Gasteiger partial charge in [-0.1, -0.05) is 30.3 Å². The number of hydrogen-bond acceptors (Lipinski definition) is 3. The minimum Gasteiger partial charge on any atom is -0.377 e. The standard InChI is InChI=1S/C14H18ClNO3/c1-18-11-8-16(9-12(11)19-2)14(17)13(15)10-6-4-3-5-7-10/h3-7,11-13H,8-9H2,1-2H3. The van der Waals surface area contributed by atoms with Crippen molar-refractivity contribution in [2.75, 3.05) is 27.3 Å². The van der Waals surface area contributed by atoms with Crippen molar-refractivity contribution in [2.45, 2.75) is 17.6 Å². The number of nitrogens with zero attached hydrogens (tertiary/aromatic N) is 1. The van der Waals surface area contributed by atoms with Crippen LogP contribution in [-0.2, 0) is 14.3 Å². The van der Waals surface area contributed by atoms with Crippen molar-refractivity contribution in [1.29, 1.82) is 0 Å². The van der Waals surface area contributed by atoms with Crippen molar-refractivity contribution in [3.63, 3.8) is 0 Å². The van der Waals surface area contributed by atoms with Crippen LogP contribution in [0, 0.1) is 0 Å². The maximum Gasteiger partial charge on any atom is 0.245 e. The van der Waals surface area contributed by atoms with Crippen molar-refractivity contribution in [3.05, 3.63) is 35.9 Å². The maximum atomic E-state index is 12.4. The lowest BCUT2D eigenvalue weighted by Crippen LogP contribution is -2.32. The van der Waals surface area contributed by atoms with Crippen LogP contribution < -0.4 is 0 Å². The van der Waals surface area contributed by atoms with Crippen LogP contribution in [0.3, 0.4) is 0 Å². The molecule has 1 amide bonds. The Morgan fingerprint density at radius 2 is 1.74 bits per heavy atom. The highest BCUT2D eigenvalue weighted by atomic mass is 35.5. The number of halogens is 1. The lowest BCUT2D eigenvalue weighted by Gasteiger charge is -2.19. The molecule has 19 heavy (non-hydrogen) atoms. The summed E-state index contributed by atoms with van der Waals surface area (Å²) in [5, 5.41) is -0.658. The fourth-order valence-corrected chi connectivity index (χ4v) is 2.59. The van der Waals surface area contributed by atoms with Gasteiger partial charge in [0.15, 0.2) is 0 Å². The molecule has 2 rings (SSSR count). The fraction of sp³-hybridized carbons (Fsp3) is 0.500. The van der Waals surface area contributed by atoms with Crippen LogP contribution in [-0.4, -0.2) is 50.3 Å². The van der Waals surface area contributed by atoms with Gasteiger partial charge in [0.2, 0.25) is 5.91 Å². The van der Waals surface area contributed by atoms with Crippen LogP contribution in [0.2, 0.25) is 0 Å². The number of carbonyl (C=O) groups excluding carboxylic acids is 1. The Bertz CT molecular complexity index is 414. The minimum atomic E-state index is -0.658. The third-order valence-corrected chi connectivity index (χ3v) is 3.88. The number of hydrogen-bond donors (Lipinski definition) is 0. The summed E-state index contributed by atoms with van der Waals surface area (Å²) >= 11 is 6.25. The Kier molecular flexibility index (Phi) is 4.80. The average molecular weight is 284 g/mol. The molecule has 1 saturated heterocycles. The van der Waals surface area contributed by atoms with Gasteiger partial charge in [0.1, 0.15) is 17.6 Å². The van der Waals surface area contributed by atoms with Crippen molar-refractivity contribution in [2.24, 2.45) is 0 Å². The predicted octanol–water partition coefficient (Wildman–Crippen LogP) is 1.84. The number of ether oxygens (including phenoxy) is 2. The van der Waals surface area contributed by atoms with Gasteiger partial charge in [-0.3, -0.25) is 4.79 Å². The van der Waals surface area contributed by atoms with Crippen molar-refractivity contribution >= 4 is 17.5 Å². The fourth-order valence-electron chi connectivity index (χ4n) is 2.30. The second-order valence-corrected chi connectivity index (χ2v) is 5.00. The molecule has 0 bridgehead atoms.